The van der Waals surface area contributed by atoms with Crippen molar-refractivity contribution in [3.63, 3.8) is 0 Å². The van der Waals surface area contributed by atoms with Gasteiger partial charge in [0.2, 0.25) is 0 Å². The fourth-order valence-electron chi connectivity index (χ4n) is 0.986. The van der Waals surface area contributed by atoms with Crippen LogP contribution in [0.5, 0.6) is 0 Å². The van der Waals surface area contributed by atoms with Gasteiger partial charge >= 0.3 is 0 Å². The minimum absolute atomic E-state index is 0.737. The molecule has 0 aliphatic heterocycles. The predicted octanol–water partition coefficient (Wildman–Crippen LogP) is 3.78. The van der Waals surface area contributed by atoms with Gasteiger partial charge in [-0.25, -0.2) is 0 Å². The van der Waals surface area contributed by atoms with Crippen molar-refractivity contribution >= 4 is 27.5 Å². The lowest BCUT2D eigenvalue weighted by atomic mass is 10.1. The molecule has 0 saturated carbocycles. The average molecular weight is 244 g/mol. The van der Waals surface area contributed by atoms with Gasteiger partial charge in [0.15, 0.2) is 0 Å². The van der Waals surface area contributed by atoms with Gasteiger partial charge < -0.3 is 0 Å². The minimum atomic E-state index is 0.737. The summed E-state index contributed by atoms with van der Waals surface area (Å²) in [6.07, 6.45) is 0. The second kappa shape index (κ2) is 3.98. The quantitative estimate of drug-likeness (QED) is 0.608. The Bertz CT molecular complexity index is 335. The lowest BCUT2D eigenvalue weighted by Gasteiger charge is -2.01. The predicted molar refractivity (Wildman–Crippen MR) is 56.4 cm³/mol. The van der Waals surface area contributed by atoms with Crippen molar-refractivity contribution < 1.29 is 0 Å². The standard InChI is InChI=1S/C10H8BrCl/c1-3-4-9-7(2)5-8(12)6-10(9)11/h5-6H,1-2H3. The molecule has 0 unspecified atom stereocenters. The highest BCUT2D eigenvalue weighted by molar-refractivity contribution is 9.10. The van der Waals surface area contributed by atoms with Crippen molar-refractivity contribution in [3.8, 4) is 11.8 Å². The van der Waals surface area contributed by atoms with E-state index >= 15 is 0 Å². The molecule has 1 rings (SSSR count). The van der Waals surface area contributed by atoms with E-state index in [0.29, 0.717) is 0 Å². The van der Waals surface area contributed by atoms with Crippen molar-refractivity contribution in [2.24, 2.45) is 0 Å². The summed E-state index contributed by atoms with van der Waals surface area (Å²) < 4.78 is 0.960. The Kier molecular flexibility index (Phi) is 3.20. The molecular weight excluding hydrogens is 235 g/mol. The van der Waals surface area contributed by atoms with Crippen LogP contribution in [-0.4, -0.2) is 0 Å². The number of hydrogen-bond donors (Lipinski definition) is 0. The third kappa shape index (κ3) is 2.03. The Morgan fingerprint density at radius 1 is 1.42 bits per heavy atom. The smallest absolute Gasteiger partial charge is 0.0420 e. The second-order valence-corrected chi connectivity index (χ2v) is 3.75. The van der Waals surface area contributed by atoms with Gasteiger partial charge in [0, 0.05) is 15.1 Å². The molecule has 0 fully saturated rings. The van der Waals surface area contributed by atoms with Gasteiger partial charge in [0.1, 0.15) is 0 Å². The van der Waals surface area contributed by atoms with Gasteiger partial charge in [0.05, 0.1) is 0 Å². The van der Waals surface area contributed by atoms with Gasteiger partial charge in [-0.3, -0.25) is 0 Å². The molecule has 0 N–H and O–H groups in total. The zero-order valence-electron chi connectivity index (χ0n) is 6.91. The molecular formula is C10H8BrCl. The van der Waals surface area contributed by atoms with Gasteiger partial charge in [-0.05, 0) is 47.5 Å². The highest BCUT2D eigenvalue weighted by Gasteiger charge is 2.01. The van der Waals surface area contributed by atoms with Crippen molar-refractivity contribution in [2.45, 2.75) is 13.8 Å². The highest BCUT2D eigenvalue weighted by atomic mass is 79.9. The molecule has 1 aromatic carbocycles. The summed E-state index contributed by atoms with van der Waals surface area (Å²) in [5.74, 6) is 5.88. The van der Waals surface area contributed by atoms with Crippen LogP contribution in [0.25, 0.3) is 0 Å². The molecule has 0 saturated heterocycles. The normalized spacial score (nSPS) is 9.00. The number of rotatable bonds is 0. The van der Waals surface area contributed by atoms with Crippen LogP contribution in [0.3, 0.4) is 0 Å². The molecule has 0 heterocycles. The summed E-state index contributed by atoms with van der Waals surface area (Å²) in [5.41, 5.74) is 2.12. The molecule has 0 nitrogen and oxygen atoms in total. The van der Waals surface area contributed by atoms with Crippen molar-refractivity contribution in [1.82, 2.24) is 0 Å². The van der Waals surface area contributed by atoms with E-state index in [1.165, 1.54) is 0 Å². The molecule has 2 heteroatoms. The van der Waals surface area contributed by atoms with Crippen LogP contribution in [0.2, 0.25) is 5.02 Å². The van der Waals surface area contributed by atoms with E-state index in [-0.39, 0.29) is 0 Å². The summed E-state index contributed by atoms with van der Waals surface area (Å²) >= 11 is 9.26. The summed E-state index contributed by atoms with van der Waals surface area (Å²) in [5, 5.41) is 0.737. The second-order valence-electron chi connectivity index (χ2n) is 2.45. The zero-order chi connectivity index (χ0) is 9.14. The van der Waals surface area contributed by atoms with E-state index < -0.39 is 0 Å². The highest BCUT2D eigenvalue weighted by Crippen LogP contribution is 2.24. The Labute approximate surface area is 86.1 Å². The SMILES string of the molecule is CC#Cc1c(C)cc(Cl)cc1Br. The molecule has 0 radical (unpaired) electrons. The van der Waals surface area contributed by atoms with E-state index in [0.717, 1.165) is 20.6 Å². The van der Waals surface area contributed by atoms with Crippen molar-refractivity contribution in [1.29, 1.82) is 0 Å². The maximum absolute atomic E-state index is 5.84. The van der Waals surface area contributed by atoms with Gasteiger partial charge in [-0.1, -0.05) is 17.5 Å². The van der Waals surface area contributed by atoms with Crippen LogP contribution in [0.1, 0.15) is 18.1 Å². The van der Waals surface area contributed by atoms with Crippen LogP contribution < -0.4 is 0 Å². The van der Waals surface area contributed by atoms with Crippen LogP contribution >= 0.6 is 27.5 Å². The molecule has 0 aromatic heterocycles. The Morgan fingerprint density at radius 2 is 2.08 bits per heavy atom. The third-order valence-corrected chi connectivity index (χ3v) is 2.35. The maximum Gasteiger partial charge on any atom is 0.0420 e. The van der Waals surface area contributed by atoms with E-state index in [4.69, 9.17) is 11.6 Å². The molecule has 0 spiro atoms. The van der Waals surface area contributed by atoms with E-state index in [1.54, 1.807) is 0 Å². The van der Waals surface area contributed by atoms with Gasteiger partial charge in [0.25, 0.3) is 0 Å². The Hall–Kier alpha value is -0.450. The topological polar surface area (TPSA) is 0 Å². The average Bonchev–Trinajstić information content (AvgIpc) is 1.96. The number of benzene rings is 1. The summed E-state index contributed by atoms with van der Waals surface area (Å²) in [6.45, 7) is 3.82. The first-order valence-corrected chi connectivity index (χ1v) is 4.70. The van der Waals surface area contributed by atoms with Crippen molar-refractivity contribution in [3.05, 3.63) is 32.8 Å². The van der Waals surface area contributed by atoms with Crippen LogP contribution in [0.15, 0.2) is 16.6 Å². The number of aryl methyl sites for hydroxylation is 1. The summed E-state index contributed by atoms with van der Waals surface area (Å²) in [4.78, 5) is 0. The number of hydrogen-bond acceptors (Lipinski definition) is 0. The van der Waals surface area contributed by atoms with Crippen LogP contribution in [0, 0.1) is 18.8 Å². The molecule has 0 amide bonds. The molecule has 0 aliphatic carbocycles. The molecule has 12 heavy (non-hydrogen) atoms. The summed E-state index contributed by atoms with van der Waals surface area (Å²) in [7, 11) is 0. The first-order chi connectivity index (χ1) is 5.65. The Balaban J connectivity index is 3.34. The number of halogens is 2. The fourth-order valence-corrected chi connectivity index (χ4v) is 2.05. The van der Waals surface area contributed by atoms with E-state index in [2.05, 4.69) is 27.8 Å². The van der Waals surface area contributed by atoms with Crippen LogP contribution in [-0.2, 0) is 0 Å². The zero-order valence-corrected chi connectivity index (χ0v) is 9.25. The first kappa shape index (κ1) is 9.64. The monoisotopic (exact) mass is 242 g/mol. The molecule has 1 aromatic rings. The Morgan fingerprint density at radius 3 is 2.58 bits per heavy atom. The van der Waals surface area contributed by atoms with Crippen LogP contribution in [0.4, 0.5) is 0 Å². The molecule has 62 valence electrons. The molecule has 0 aliphatic rings. The maximum atomic E-state index is 5.84. The van der Waals surface area contributed by atoms with E-state index in [9.17, 15) is 0 Å². The largest absolute Gasteiger partial charge is 0.101 e. The van der Waals surface area contributed by atoms with Gasteiger partial charge in [-0.15, -0.1) is 5.92 Å². The molecule has 0 bridgehead atoms. The molecule has 0 atom stereocenters. The minimum Gasteiger partial charge on any atom is -0.101 e. The summed E-state index contributed by atoms with van der Waals surface area (Å²) in [6, 6.07) is 3.76. The van der Waals surface area contributed by atoms with E-state index in [1.807, 2.05) is 26.0 Å². The first-order valence-electron chi connectivity index (χ1n) is 3.53. The lowest BCUT2D eigenvalue weighted by molar-refractivity contribution is 1.41. The lowest BCUT2D eigenvalue weighted by Crippen LogP contribution is -1.83. The third-order valence-electron chi connectivity index (χ3n) is 1.50. The van der Waals surface area contributed by atoms with Gasteiger partial charge in [-0.2, -0.15) is 0 Å². The van der Waals surface area contributed by atoms with Crippen molar-refractivity contribution in [2.75, 3.05) is 0 Å². The fraction of sp³-hybridized carbons (Fsp3) is 0.200.